The number of amides is 1. The minimum atomic E-state index is -0.262. The number of rotatable bonds is 4. The molecule has 3 aromatic rings. The normalized spacial score (nSPS) is 14.2. The average molecular weight is 401 g/mol. The fraction of sp³-hybridized carbons (Fsp3) is 0.211. The SMILES string of the molecule is O=C(Nc1cccc(Cl)c1)c1csc(-c2ccnc(N3CCOCC3)c2)n1. The summed E-state index contributed by atoms with van der Waals surface area (Å²) in [6.45, 7) is 3.05. The third-order valence-electron chi connectivity index (χ3n) is 4.15. The third kappa shape index (κ3) is 4.27. The molecule has 6 nitrogen and oxygen atoms in total. The molecule has 0 aliphatic carbocycles. The molecule has 4 rings (SSSR count). The van der Waals surface area contributed by atoms with Gasteiger partial charge in [-0.2, -0.15) is 0 Å². The second-order valence-electron chi connectivity index (χ2n) is 6.00. The van der Waals surface area contributed by atoms with E-state index in [1.165, 1.54) is 11.3 Å². The van der Waals surface area contributed by atoms with Gasteiger partial charge in [-0.3, -0.25) is 4.79 Å². The van der Waals surface area contributed by atoms with Gasteiger partial charge in [-0.1, -0.05) is 17.7 Å². The van der Waals surface area contributed by atoms with Crippen LogP contribution in [0.15, 0.2) is 48.0 Å². The van der Waals surface area contributed by atoms with Crippen molar-refractivity contribution in [3.05, 3.63) is 58.7 Å². The van der Waals surface area contributed by atoms with Crippen LogP contribution >= 0.6 is 22.9 Å². The Morgan fingerprint density at radius 1 is 1.22 bits per heavy atom. The van der Waals surface area contributed by atoms with Crippen molar-refractivity contribution in [2.24, 2.45) is 0 Å². The van der Waals surface area contributed by atoms with Gasteiger partial charge in [-0.15, -0.1) is 11.3 Å². The lowest BCUT2D eigenvalue weighted by Gasteiger charge is -2.27. The highest BCUT2D eigenvalue weighted by molar-refractivity contribution is 7.13. The molecule has 0 radical (unpaired) electrons. The van der Waals surface area contributed by atoms with Crippen LogP contribution in [0.5, 0.6) is 0 Å². The Labute approximate surface area is 165 Å². The first-order valence-electron chi connectivity index (χ1n) is 8.50. The van der Waals surface area contributed by atoms with Crippen LogP contribution in [0.3, 0.4) is 0 Å². The standard InChI is InChI=1S/C19H17ClN4O2S/c20-14-2-1-3-15(11-14)22-18(25)16-12-27-19(23-16)13-4-5-21-17(10-13)24-6-8-26-9-7-24/h1-5,10-12H,6-9H2,(H,22,25). The summed E-state index contributed by atoms with van der Waals surface area (Å²) in [7, 11) is 0. The Morgan fingerprint density at radius 2 is 2.07 bits per heavy atom. The van der Waals surface area contributed by atoms with Crippen molar-refractivity contribution in [2.45, 2.75) is 0 Å². The van der Waals surface area contributed by atoms with Crippen LogP contribution in [-0.4, -0.2) is 42.2 Å². The van der Waals surface area contributed by atoms with Crippen LogP contribution in [-0.2, 0) is 4.74 Å². The second kappa shape index (κ2) is 8.04. The minimum Gasteiger partial charge on any atom is -0.378 e. The first kappa shape index (κ1) is 17.9. The molecule has 1 aromatic carbocycles. The van der Waals surface area contributed by atoms with Crippen molar-refractivity contribution in [1.82, 2.24) is 9.97 Å². The van der Waals surface area contributed by atoms with Crippen LogP contribution in [0.2, 0.25) is 5.02 Å². The quantitative estimate of drug-likeness (QED) is 0.718. The van der Waals surface area contributed by atoms with E-state index in [4.69, 9.17) is 16.3 Å². The van der Waals surface area contributed by atoms with E-state index in [-0.39, 0.29) is 5.91 Å². The molecular weight excluding hydrogens is 384 g/mol. The van der Waals surface area contributed by atoms with Gasteiger partial charge in [-0.05, 0) is 30.3 Å². The lowest BCUT2D eigenvalue weighted by atomic mass is 10.2. The number of ether oxygens (including phenoxy) is 1. The number of morpholine rings is 1. The zero-order valence-electron chi connectivity index (χ0n) is 14.4. The zero-order chi connectivity index (χ0) is 18.6. The van der Waals surface area contributed by atoms with Crippen molar-refractivity contribution in [1.29, 1.82) is 0 Å². The molecule has 1 amide bonds. The van der Waals surface area contributed by atoms with Crippen LogP contribution in [0.25, 0.3) is 10.6 Å². The molecule has 1 aliphatic rings. The van der Waals surface area contributed by atoms with E-state index in [2.05, 4.69) is 20.2 Å². The average Bonchev–Trinajstić information content (AvgIpc) is 3.19. The summed E-state index contributed by atoms with van der Waals surface area (Å²) in [5.41, 5.74) is 1.96. The van der Waals surface area contributed by atoms with E-state index in [0.29, 0.717) is 29.6 Å². The van der Waals surface area contributed by atoms with Gasteiger partial charge < -0.3 is 15.0 Å². The molecule has 138 valence electrons. The summed E-state index contributed by atoms with van der Waals surface area (Å²) in [6, 6.07) is 10.9. The van der Waals surface area contributed by atoms with E-state index >= 15 is 0 Å². The maximum atomic E-state index is 12.4. The van der Waals surface area contributed by atoms with Gasteiger partial charge in [0.05, 0.1) is 13.2 Å². The van der Waals surface area contributed by atoms with Crippen LogP contribution in [0.4, 0.5) is 11.5 Å². The Kier molecular flexibility index (Phi) is 5.33. The topological polar surface area (TPSA) is 67.4 Å². The Balaban J connectivity index is 1.51. The van der Waals surface area contributed by atoms with E-state index in [0.717, 1.165) is 29.5 Å². The minimum absolute atomic E-state index is 0.262. The fourth-order valence-corrected chi connectivity index (χ4v) is 3.78. The van der Waals surface area contributed by atoms with Crippen LogP contribution in [0, 0.1) is 0 Å². The van der Waals surface area contributed by atoms with Gasteiger partial charge in [0, 0.05) is 40.9 Å². The summed E-state index contributed by atoms with van der Waals surface area (Å²) in [6.07, 6.45) is 1.77. The van der Waals surface area contributed by atoms with Gasteiger partial charge >= 0.3 is 0 Å². The molecule has 0 spiro atoms. The summed E-state index contributed by atoms with van der Waals surface area (Å²) in [5.74, 6) is 0.637. The number of carbonyl (C=O) groups excluding carboxylic acids is 1. The van der Waals surface area contributed by atoms with Crippen molar-refractivity contribution in [3.63, 3.8) is 0 Å². The second-order valence-corrected chi connectivity index (χ2v) is 7.30. The lowest BCUT2D eigenvalue weighted by molar-refractivity contribution is 0.102. The van der Waals surface area contributed by atoms with E-state index < -0.39 is 0 Å². The van der Waals surface area contributed by atoms with Gasteiger partial charge in [0.1, 0.15) is 16.5 Å². The maximum absolute atomic E-state index is 12.4. The lowest BCUT2D eigenvalue weighted by Crippen LogP contribution is -2.36. The number of benzene rings is 1. The van der Waals surface area contributed by atoms with E-state index in [9.17, 15) is 4.79 Å². The number of aromatic nitrogens is 2. The predicted octanol–water partition coefficient (Wildman–Crippen LogP) is 3.95. The smallest absolute Gasteiger partial charge is 0.275 e. The number of carbonyl (C=O) groups is 1. The zero-order valence-corrected chi connectivity index (χ0v) is 16.0. The molecule has 27 heavy (non-hydrogen) atoms. The summed E-state index contributed by atoms with van der Waals surface area (Å²) in [5, 5.41) is 5.92. The monoisotopic (exact) mass is 400 g/mol. The number of thiazole rings is 1. The molecule has 1 fully saturated rings. The molecule has 8 heteroatoms. The van der Waals surface area contributed by atoms with E-state index in [1.807, 2.05) is 12.1 Å². The Bertz CT molecular complexity index is 956. The summed E-state index contributed by atoms with van der Waals surface area (Å²) < 4.78 is 5.39. The van der Waals surface area contributed by atoms with Gasteiger partial charge in [0.15, 0.2) is 0 Å². The summed E-state index contributed by atoms with van der Waals surface area (Å²) >= 11 is 7.39. The molecule has 0 atom stereocenters. The molecule has 2 aromatic heterocycles. The number of hydrogen-bond donors (Lipinski definition) is 1. The predicted molar refractivity (Wildman–Crippen MR) is 108 cm³/mol. The highest BCUT2D eigenvalue weighted by atomic mass is 35.5. The number of nitrogens with zero attached hydrogens (tertiary/aromatic N) is 3. The van der Waals surface area contributed by atoms with Crippen molar-refractivity contribution in [3.8, 4) is 10.6 Å². The van der Waals surface area contributed by atoms with Crippen molar-refractivity contribution >= 4 is 40.4 Å². The molecule has 3 heterocycles. The first-order valence-corrected chi connectivity index (χ1v) is 9.76. The summed E-state index contributed by atoms with van der Waals surface area (Å²) in [4.78, 5) is 23.6. The molecule has 1 aliphatic heterocycles. The van der Waals surface area contributed by atoms with Crippen LogP contribution in [0.1, 0.15) is 10.5 Å². The molecule has 0 saturated carbocycles. The van der Waals surface area contributed by atoms with Crippen LogP contribution < -0.4 is 10.2 Å². The fourth-order valence-electron chi connectivity index (χ4n) is 2.79. The highest BCUT2D eigenvalue weighted by Crippen LogP contribution is 2.27. The van der Waals surface area contributed by atoms with Crippen molar-refractivity contribution < 1.29 is 9.53 Å². The molecule has 0 unspecified atom stereocenters. The van der Waals surface area contributed by atoms with E-state index in [1.54, 1.807) is 35.8 Å². The number of anilines is 2. The number of hydrogen-bond acceptors (Lipinski definition) is 6. The van der Waals surface area contributed by atoms with Crippen molar-refractivity contribution in [2.75, 3.05) is 36.5 Å². The molecular formula is C19H17ClN4O2S. The maximum Gasteiger partial charge on any atom is 0.275 e. The molecule has 1 saturated heterocycles. The first-order chi connectivity index (χ1) is 13.2. The molecule has 1 N–H and O–H groups in total. The van der Waals surface area contributed by atoms with Gasteiger partial charge in [0.2, 0.25) is 0 Å². The van der Waals surface area contributed by atoms with Gasteiger partial charge in [-0.25, -0.2) is 9.97 Å². The highest BCUT2D eigenvalue weighted by Gasteiger charge is 2.16. The third-order valence-corrected chi connectivity index (χ3v) is 5.27. The number of halogens is 1. The number of pyridine rings is 1. The largest absolute Gasteiger partial charge is 0.378 e. The number of nitrogens with one attached hydrogen (secondary N) is 1. The molecule has 0 bridgehead atoms. The Morgan fingerprint density at radius 3 is 2.89 bits per heavy atom. The van der Waals surface area contributed by atoms with Gasteiger partial charge in [0.25, 0.3) is 5.91 Å². The Hall–Kier alpha value is -2.48.